The van der Waals surface area contributed by atoms with Gasteiger partial charge in [0.25, 0.3) is 11.6 Å². The third-order valence-corrected chi connectivity index (χ3v) is 5.56. The van der Waals surface area contributed by atoms with Gasteiger partial charge in [0.1, 0.15) is 0 Å². The van der Waals surface area contributed by atoms with Crippen molar-refractivity contribution in [2.45, 2.75) is 32.6 Å². The minimum Gasteiger partial charge on any atom is -0.385 e. The molecule has 0 saturated heterocycles. The minimum absolute atomic E-state index is 0.0124. The van der Waals surface area contributed by atoms with Crippen LogP contribution in [-0.2, 0) is 0 Å². The van der Waals surface area contributed by atoms with Crippen molar-refractivity contribution in [1.29, 1.82) is 0 Å². The average Bonchev–Trinajstić information content (AvgIpc) is 3.23. The number of nitrogens with one attached hydrogen (secondary N) is 2. The van der Waals surface area contributed by atoms with Gasteiger partial charge < -0.3 is 10.6 Å². The molecule has 2 aromatic rings. The van der Waals surface area contributed by atoms with Crippen LogP contribution in [0.3, 0.4) is 0 Å². The van der Waals surface area contributed by atoms with Gasteiger partial charge in [0.15, 0.2) is 0 Å². The predicted molar refractivity (Wildman–Crippen MR) is 101 cm³/mol. The fraction of sp³-hybridized carbons (Fsp3) is 0.389. The van der Waals surface area contributed by atoms with Crippen LogP contribution in [0, 0.1) is 23.0 Å². The fourth-order valence-corrected chi connectivity index (χ4v) is 3.99. The summed E-state index contributed by atoms with van der Waals surface area (Å²) in [5.74, 6) is 0.435. The van der Waals surface area contributed by atoms with Gasteiger partial charge in [-0.2, -0.15) is 0 Å². The highest BCUT2D eigenvalue weighted by molar-refractivity contribution is 7.14. The number of thiophene rings is 1. The van der Waals surface area contributed by atoms with E-state index < -0.39 is 4.92 Å². The Morgan fingerprint density at radius 3 is 2.48 bits per heavy atom. The quantitative estimate of drug-likeness (QED) is 0.572. The van der Waals surface area contributed by atoms with E-state index in [1.54, 1.807) is 6.92 Å². The molecule has 132 valence electrons. The lowest BCUT2D eigenvalue weighted by Gasteiger charge is -2.12. The lowest BCUT2D eigenvalue weighted by Crippen LogP contribution is -2.12. The molecule has 0 radical (unpaired) electrons. The smallest absolute Gasteiger partial charge is 0.283 e. The summed E-state index contributed by atoms with van der Waals surface area (Å²) in [5, 5.41) is 17.1. The van der Waals surface area contributed by atoms with Gasteiger partial charge in [0.2, 0.25) is 0 Å². The van der Waals surface area contributed by atoms with Crippen molar-refractivity contribution < 1.29 is 9.72 Å². The Bertz CT molecular complexity index is 764. The summed E-state index contributed by atoms with van der Waals surface area (Å²) < 4.78 is 0. The summed E-state index contributed by atoms with van der Waals surface area (Å²) >= 11 is 1.13. The van der Waals surface area contributed by atoms with Crippen molar-refractivity contribution in [3.63, 3.8) is 0 Å². The number of nitro groups is 1. The van der Waals surface area contributed by atoms with Crippen molar-refractivity contribution in [2.75, 3.05) is 17.2 Å². The second-order valence-electron chi connectivity index (χ2n) is 6.37. The molecular formula is C18H21N3O3S. The molecule has 3 rings (SSSR count). The Kier molecular flexibility index (Phi) is 5.33. The normalized spacial score (nSPS) is 14.4. The van der Waals surface area contributed by atoms with Crippen LogP contribution >= 0.6 is 11.3 Å². The van der Waals surface area contributed by atoms with E-state index in [9.17, 15) is 14.9 Å². The Morgan fingerprint density at radius 1 is 1.24 bits per heavy atom. The number of aryl methyl sites for hydroxylation is 1. The molecule has 1 aromatic carbocycles. The molecule has 0 spiro atoms. The molecular weight excluding hydrogens is 338 g/mol. The first-order valence-electron chi connectivity index (χ1n) is 8.43. The zero-order valence-electron chi connectivity index (χ0n) is 14.1. The molecule has 6 nitrogen and oxygen atoms in total. The van der Waals surface area contributed by atoms with E-state index >= 15 is 0 Å². The third kappa shape index (κ3) is 4.36. The summed E-state index contributed by atoms with van der Waals surface area (Å²) in [7, 11) is 0. The molecule has 0 unspecified atom stereocenters. The highest BCUT2D eigenvalue weighted by Gasteiger charge is 2.19. The molecule has 2 N–H and O–H groups in total. The summed E-state index contributed by atoms with van der Waals surface area (Å²) in [6.45, 7) is 2.63. The van der Waals surface area contributed by atoms with E-state index in [1.807, 2.05) is 24.3 Å². The summed E-state index contributed by atoms with van der Waals surface area (Å²) in [6.07, 6.45) is 5.26. The average molecular weight is 359 g/mol. The van der Waals surface area contributed by atoms with Crippen LogP contribution in [0.25, 0.3) is 0 Å². The van der Waals surface area contributed by atoms with Crippen LogP contribution in [0.5, 0.6) is 0 Å². The predicted octanol–water partition coefficient (Wildman–Crippen LogP) is 4.82. The van der Waals surface area contributed by atoms with Crippen molar-refractivity contribution in [3.8, 4) is 0 Å². The highest BCUT2D eigenvalue weighted by atomic mass is 32.1. The SMILES string of the molecule is Cc1sc(C(=O)Nc2ccc(NCC3CCCC3)cc2)cc1[N+](=O)[O-]. The van der Waals surface area contributed by atoms with Crippen LogP contribution < -0.4 is 10.6 Å². The van der Waals surface area contributed by atoms with E-state index in [4.69, 9.17) is 0 Å². The Balaban J connectivity index is 1.58. The molecule has 0 atom stereocenters. The number of hydrogen-bond acceptors (Lipinski definition) is 5. The van der Waals surface area contributed by atoms with E-state index in [2.05, 4.69) is 10.6 Å². The molecule has 1 aliphatic carbocycles. The first-order chi connectivity index (χ1) is 12.0. The lowest BCUT2D eigenvalue weighted by molar-refractivity contribution is -0.385. The second kappa shape index (κ2) is 7.65. The molecule has 1 saturated carbocycles. The van der Waals surface area contributed by atoms with Crippen LogP contribution in [0.15, 0.2) is 30.3 Å². The van der Waals surface area contributed by atoms with Gasteiger partial charge in [-0.25, -0.2) is 0 Å². The standard InChI is InChI=1S/C18H21N3O3S/c1-12-16(21(23)24)10-17(25-12)18(22)20-15-8-6-14(7-9-15)19-11-13-4-2-3-5-13/h6-10,13,19H,2-5,11H2,1H3,(H,20,22). The van der Waals surface area contributed by atoms with Gasteiger partial charge in [-0.05, 0) is 49.9 Å². The van der Waals surface area contributed by atoms with E-state index in [0.29, 0.717) is 15.4 Å². The molecule has 1 aromatic heterocycles. The maximum atomic E-state index is 12.2. The zero-order chi connectivity index (χ0) is 17.8. The van der Waals surface area contributed by atoms with Gasteiger partial charge in [-0.1, -0.05) is 12.8 Å². The first kappa shape index (κ1) is 17.4. The third-order valence-electron chi connectivity index (χ3n) is 4.52. The van der Waals surface area contributed by atoms with Crippen molar-refractivity contribution >= 4 is 34.3 Å². The summed E-state index contributed by atoms with van der Waals surface area (Å²) in [5.41, 5.74) is 1.69. The van der Waals surface area contributed by atoms with Gasteiger partial charge in [0, 0.05) is 24.0 Å². The molecule has 7 heteroatoms. The van der Waals surface area contributed by atoms with Gasteiger partial charge in [-0.3, -0.25) is 14.9 Å². The maximum Gasteiger partial charge on any atom is 0.283 e. The topological polar surface area (TPSA) is 84.3 Å². The highest BCUT2D eigenvalue weighted by Crippen LogP contribution is 2.29. The summed E-state index contributed by atoms with van der Waals surface area (Å²) in [6, 6.07) is 8.87. The van der Waals surface area contributed by atoms with E-state index in [-0.39, 0.29) is 11.6 Å². The van der Waals surface area contributed by atoms with Crippen LogP contribution in [0.2, 0.25) is 0 Å². The molecule has 1 amide bonds. The number of rotatable bonds is 6. The Labute approximate surface area is 150 Å². The van der Waals surface area contributed by atoms with Crippen LogP contribution in [0.4, 0.5) is 17.1 Å². The molecule has 25 heavy (non-hydrogen) atoms. The van der Waals surface area contributed by atoms with Gasteiger partial charge >= 0.3 is 0 Å². The monoisotopic (exact) mass is 359 g/mol. The Morgan fingerprint density at radius 2 is 1.88 bits per heavy atom. The number of anilines is 2. The number of nitrogens with zero attached hydrogens (tertiary/aromatic N) is 1. The number of carbonyl (C=O) groups is 1. The van der Waals surface area contributed by atoms with Crippen molar-refractivity contribution in [2.24, 2.45) is 5.92 Å². The largest absolute Gasteiger partial charge is 0.385 e. The first-order valence-corrected chi connectivity index (χ1v) is 9.24. The van der Waals surface area contributed by atoms with Gasteiger partial charge in [0.05, 0.1) is 14.7 Å². The number of carbonyl (C=O) groups excluding carboxylic acids is 1. The minimum atomic E-state index is -0.465. The maximum absolute atomic E-state index is 12.2. The van der Waals surface area contributed by atoms with E-state index in [1.165, 1.54) is 31.7 Å². The molecule has 0 bridgehead atoms. The van der Waals surface area contributed by atoms with Crippen LogP contribution in [0.1, 0.15) is 40.2 Å². The molecule has 0 aliphatic heterocycles. The van der Waals surface area contributed by atoms with E-state index in [0.717, 1.165) is 29.5 Å². The molecule has 1 aliphatic rings. The fourth-order valence-electron chi connectivity index (χ4n) is 3.11. The lowest BCUT2D eigenvalue weighted by atomic mass is 10.1. The second-order valence-corrected chi connectivity index (χ2v) is 7.63. The number of hydrogen-bond donors (Lipinski definition) is 2. The number of benzene rings is 1. The van der Waals surface area contributed by atoms with Crippen molar-refractivity contribution in [3.05, 3.63) is 50.2 Å². The molecule has 1 heterocycles. The number of amides is 1. The van der Waals surface area contributed by atoms with Crippen LogP contribution in [-0.4, -0.2) is 17.4 Å². The van der Waals surface area contributed by atoms with Gasteiger partial charge in [-0.15, -0.1) is 11.3 Å². The van der Waals surface area contributed by atoms with Crippen molar-refractivity contribution in [1.82, 2.24) is 0 Å². The zero-order valence-corrected chi connectivity index (χ0v) is 14.9. The Hall–Kier alpha value is -2.41. The summed E-state index contributed by atoms with van der Waals surface area (Å²) in [4.78, 5) is 23.5. The molecule has 1 fully saturated rings.